The highest BCUT2D eigenvalue weighted by Gasteiger charge is 2.60. The average molecular weight is 583 g/mol. The molecule has 42 heavy (non-hydrogen) atoms. The van der Waals surface area contributed by atoms with E-state index in [1.165, 1.54) is 154 Å². The van der Waals surface area contributed by atoms with Crippen LogP contribution in [-0.2, 0) is 4.79 Å². The van der Waals surface area contributed by atoms with Crippen molar-refractivity contribution in [3.05, 3.63) is 0 Å². The topological polar surface area (TPSA) is 17.1 Å². The predicted molar refractivity (Wildman–Crippen MR) is 183 cm³/mol. The lowest BCUT2D eigenvalue weighted by Crippen LogP contribution is -2.53. The molecule has 4 rings (SSSR count). The van der Waals surface area contributed by atoms with E-state index in [1.54, 1.807) is 0 Å². The standard InChI is InChI=1S/C41H74O/c1-5-6-7-8-9-10-11-12-13-14-15-16-17-18-19-23-35(42)26-24-33(2)37-28-29-38-36-27-25-34-22-20-21-31-40(34,3)39(36)30-32-41(37,38)4/h33-34,36-39H,5-32H2,1-4H3/t33-,34?,36+,37-,38+,39+,40+,41-/m1/s1. The van der Waals surface area contributed by atoms with Gasteiger partial charge in [-0.15, -0.1) is 0 Å². The van der Waals surface area contributed by atoms with Gasteiger partial charge in [-0.05, 0) is 111 Å². The molecule has 1 unspecified atom stereocenters. The van der Waals surface area contributed by atoms with Crippen molar-refractivity contribution in [2.45, 2.75) is 207 Å². The Labute approximate surface area is 263 Å². The second-order valence-electron chi connectivity index (χ2n) is 16.9. The van der Waals surface area contributed by atoms with E-state index in [9.17, 15) is 4.79 Å². The maximum Gasteiger partial charge on any atom is 0.132 e. The summed E-state index contributed by atoms with van der Waals surface area (Å²) in [6.45, 7) is 10.2. The third-order valence-electron chi connectivity index (χ3n) is 14.3. The Hall–Kier alpha value is -0.330. The molecule has 0 spiro atoms. The molecule has 0 aromatic rings. The number of carbonyl (C=O) groups is 1. The molecule has 0 radical (unpaired) electrons. The van der Waals surface area contributed by atoms with Crippen molar-refractivity contribution >= 4 is 5.78 Å². The molecule has 0 amide bonds. The summed E-state index contributed by atoms with van der Waals surface area (Å²) in [7, 11) is 0. The summed E-state index contributed by atoms with van der Waals surface area (Å²) >= 11 is 0. The van der Waals surface area contributed by atoms with Crippen molar-refractivity contribution in [3.8, 4) is 0 Å². The van der Waals surface area contributed by atoms with Crippen molar-refractivity contribution in [1.82, 2.24) is 0 Å². The van der Waals surface area contributed by atoms with Gasteiger partial charge >= 0.3 is 0 Å². The average Bonchev–Trinajstić information content (AvgIpc) is 3.35. The zero-order valence-electron chi connectivity index (χ0n) is 29.2. The highest BCUT2D eigenvalue weighted by atomic mass is 16.1. The molecule has 0 aromatic carbocycles. The quantitative estimate of drug-likeness (QED) is 0.130. The van der Waals surface area contributed by atoms with E-state index in [1.807, 2.05) is 0 Å². The third-order valence-corrected chi connectivity index (χ3v) is 14.3. The summed E-state index contributed by atoms with van der Waals surface area (Å²) in [6, 6.07) is 0. The van der Waals surface area contributed by atoms with Crippen LogP contribution in [0.3, 0.4) is 0 Å². The van der Waals surface area contributed by atoms with E-state index in [2.05, 4.69) is 27.7 Å². The number of fused-ring (bicyclic) bond motifs is 5. The molecule has 0 N–H and O–H groups in total. The van der Waals surface area contributed by atoms with Gasteiger partial charge in [-0.3, -0.25) is 4.79 Å². The largest absolute Gasteiger partial charge is 0.300 e. The van der Waals surface area contributed by atoms with E-state index >= 15 is 0 Å². The van der Waals surface area contributed by atoms with Gasteiger partial charge in [-0.1, -0.05) is 130 Å². The fourth-order valence-corrected chi connectivity index (χ4v) is 11.7. The maximum atomic E-state index is 12.8. The fourth-order valence-electron chi connectivity index (χ4n) is 11.7. The first kappa shape index (κ1) is 34.5. The summed E-state index contributed by atoms with van der Waals surface area (Å²) in [5, 5.41) is 0. The SMILES string of the molecule is CCCCCCCCCCCCCCCCCC(=O)CC[C@@H](C)[C@H]1CC[C@H]2[C@@H]3CCC4CCCC[C@]4(C)[C@H]3CC[C@]12C. The summed E-state index contributed by atoms with van der Waals surface area (Å²) in [6.07, 6.45) is 38.7. The van der Waals surface area contributed by atoms with Gasteiger partial charge in [0, 0.05) is 12.8 Å². The van der Waals surface area contributed by atoms with Gasteiger partial charge in [-0.25, -0.2) is 0 Å². The second-order valence-corrected chi connectivity index (χ2v) is 16.9. The van der Waals surface area contributed by atoms with Crippen LogP contribution in [0.4, 0.5) is 0 Å². The maximum absolute atomic E-state index is 12.8. The minimum absolute atomic E-state index is 0.551. The molecule has 1 nitrogen and oxygen atoms in total. The number of rotatable bonds is 20. The molecule has 0 aliphatic heterocycles. The summed E-state index contributed by atoms with van der Waals surface area (Å²) in [5.74, 6) is 6.17. The summed E-state index contributed by atoms with van der Waals surface area (Å²) < 4.78 is 0. The van der Waals surface area contributed by atoms with E-state index < -0.39 is 0 Å². The highest BCUT2D eigenvalue weighted by Crippen LogP contribution is 2.68. The van der Waals surface area contributed by atoms with Crippen molar-refractivity contribution < 1.29 is 4.79 Å². The molecule has 0 aromatic heterocycles. The Morgan fingerprint density at radius 1 is 0.619 bits per heavy atom. The Morgan fingerprint density at radius 2 is 1.21 bits per heavy atom. The van der Waals surface area contributed by atoms with E-state index in [0.717, 1.165) is 61.2 Å². The highest BCUT2D eigenvalue weighted by molar-refractivity contribution is 5.78. The van der Waals surface area contributed by atoms with Crippen LogP contribution in [0.1, 0.15) is 207 Å². The van der Waals surface area contributed by atoms with Crippen molar-refractivity contribution in [2.24, 2.45) is 46.3 Å². The second kappa shape index (κ2) is 17.4. The summed E-state index contributed by atoms with van der Waals surface area (Å²) in [5.41, 5.74) is 1.21. The molecule has 1 heteroatoms. The molecule has 4 saturated carbocycles. The van der Waals surface area contributed by atoms with Gasteiger partial charge in [-0.2, -0.15) is 0 Å². The van der Waals surface area contributed by atoms with Gasteiger partial charge < -0.3 is 0 Å². The Balaban J connectivity index is 1.04. The third kappa shape index (κ3) is 8.89. The normalized spacial score (nSPS) is 34.9. The molecule has 8 atom stereocenters. The number of carbonyl (C=O) groups excluding carboxylic acids is 1. The summed E-state index contributed by atoms with van der Waals surface area (Å²) in [4.78, 5) is 12.8. The lowest BCUT2D eigenvalue weighted by molar-refractivity contribution is -0.120. The Morgan fingerprint density at radius 3 is 1.86 bits per heavy atom. The smallest absolute Gasteiger partial charge is 0.132 e. The fraction of sp³-hybridized carbons (Fsp3) is 0.976. The van der Waals surface area contributed by atoms with Crippen molar-refractivity contribution in [3.63, 3.8) is 0 Å². The zero-order valence-corrected chi connectivity index (χ0v) is 29.2. The van der Waals surface area contributed by atoms with Crippen LogP contribution in [0, 0.1) is 46.3 Å². The number of hydrogen-bond donors (Lipinski definition) is 0. The van der Waals surface area contributed by atoms with Gasteiger partial charge in [0.05, 0.1) is 0 Å². The molecule has 0 heterocycles. The number of Topliss-reactive ketones (excluding diaryl/α,β-unsaturated/α-hetero) is 1. The van der Waals surface area contributed by atoms with Crippen LogP contribution in [0.25, 0.3) is 0 Å². The molecule has 0 bridgehead atoms. The number of ketones is 1. The van der Waals surface area contributed by atoms with Gasteiger partial charge in [0.1, 0.15) is 5.78 Å². The van der Waals surface area contributed by atoms with Crippen molar-refractivity contribution in [2.75, 3.05) is 0 Å². The lowest BCUT2D eigenvalue weighted by Gasteiger charge is -2.61. The molecule has 4 aliphatic carbocycles. The molecule has 0 saturated heterocycles. The molecular formula is C41H74O. The minimum Gasteiger partial charge on any atom is -0.300 e. The first-order valence-corrected chi connectivity index (χ1v) is 19.9. The predicted octanol–water partition coefficient (Wildman–Crippen LogP) is 13.3. The molecule has 4 fully saturated rings. The van der Waals surface area contributed by atoms with Gasteiger partial charge in [0.25, 0.3) is 0 Å². The Kier molecular flexibility index (Phi) is 14.3. The molecule has 4 aliphatic rings. The number of unbranched alkanes of at least 4 members (excludes halogenated alkanes) is 14. The first-order chi connectivity index (χ1) is 20.4. The van der Waals surface area contributed by atoms with Crippen LogP contribution in [0.5, 0.6) is 0 Å². The first-order valence-electron chi connectivity index (χ1n) is 19.9. The van der Waals surface area contributed by atoms with E-state index in [0.29, 0.717) is 16.6 Å². The Bertz CT molecular complexity index is 771. The monoisotopic (exact) mass is 583 g/mol. The van der Waals surface area contributed by atoms with Crippen LogP contribution in [0.2, 0.25) is 0 Å². The minimum atomic E-state index is 0.551. The van der Waals surface area contributed by atoms with Crippen LogP contribution in [0.15, 0.2) is 0 Å². The van der Waals surface area contributed by atoms with Crippen molar-refractivity contribution in [1.29, 1.82) is 0 Å². The zero-order chi connectivity index (χ0) is 29.8. The molecule has 244 valence electrons. The van der Waals surface area contributed by atoms with Gasteiger partial charge in [0.15, 0.2) is 0 Å². The van der Waals surface area contributed by atoms with E-state index in [-0.39, 0.29) is 0 Å². The van der Waals surface area contributed by atoms with Crippen LogP contribution < -0.4 is 0 Å². The van der Waals surface area contributed by atoms with Gasteiger partial charge in [0.2, 0.25) is 0 Å². The lowest BCUT2D eigenvalue weighted by atomic mass is 9.44. The molecular weight excluding hydrogens is 508 g/mol. The van der Waals surface area contributed by atoms with Crippen LogP contribution >= 0.6 is 0 Å². The van der Waals surface area contributed by atoms with E-state index in [4.69, 9.17) is 0 Å². The number of hydrogen-bond acceptors (Lipinski definition) is 1. The van der Waals surface area contributed by atoms with Crippen LogP contribution in [-0.4, -0.2) is 5.78 Å².